The lowest BCUT2D eigenvalue weighted by atomic mass is 10.2. The van der Waals surface area contributed by atoms with Crippen molar-refractivity contribution in [2.45, 2.75) is 19.8 Å². The number of aryl methyl sites for hydroxylation is 1. The first-order valence-electron chi connectivity index (χ1n) is 4.51. The predicted molar refractivity (Wildman–Crippen MR) is 50.2 cm³/mol. The minimum atomic E-state index is 0.928. The van der Waals surface area contributed by atoms with Crippen LogP contribution in [0.3, 0.4) is 0 Å². The van der Waals surface area contributed by atoms with Gasteiger partial charge in [0.05, 0.1) is 0 Å². The zero-order valence-corrected chi connectivity index (χ0v) is 7.38. The molecule has 1 saturated carbocycles. The zero-order chi connectivity index (χ0) is 8.39. The molecule has 2 nitrogen and oxygen atoms in total. The Balaban J connectivity index is 1.96. The van der Waals surface area contributed by atoms with Gasteiger partial charge >= 0.3 is 0 Å². The molecule has 1 fully saturated rings. The fourth-order valence-corrected chi connectivity index (χ4v) is 1.25. The van der Waals surface area contributed by atoms with Crippen molar-refractivity contribution in [3.8, 4) is 0 Å². The second kappa shape index (κ2) is 3.13. The van der Waals surface area contributed by atoms with Gasteiger partial charge in [0.15, 0.2) is 0 Å². The minimum absolute atomic E-state index is 0.928. The number of aromatic nitrogens is 1. The average molecular weight is 162 g/mol. The van der Waals surface area contributed by atoms with Crippen LogP contribution in [0.25, 0.3) is 0 Å². The lowest BCUT2D eigenvalue weighted by Crippen LogP contribution is -2.04. The third-order valence-corrected chi connectivity index (χ3v) is 2.30. The van der Waals surface area contributed by atoms with Gasteiger partial charge in [-0.15, -0.1) is 0 Å². The van der Waals surface area contributed by atoms with E-state index in [2.05, 4.69) is 17.2 Å². The van der Waals surface area contributed by atoms with Gasteiger partial charge < -0.3 is 5.32 Å². The van der Waals surface area contributed by atoms with Gasteiger partial charge in [0.2, 0.25) is 0 Å². The number of anilines is 1. The van der Waals surface area contributed by atoms with Crippen molar-refractivity contribution >= 4 is 5.69 Å². The molecule has 1 aliphatic carbocycles. The molecule has 64 valence electrons. The average Bonchev–Trinajstić information content (AvgIpc) is 2.86. The maximum absolute atomic E-state index is 4.05. The summed E-state index contributed by atoms with van der Waals surface area (Å²) in [5, 5.41) is 3.43. The van der Waals surface area contributed by atoms with Crippen LogP contribution in [0.2, 0.25) is 0 Å². The lowest BCUT2D eigenvalue weighted by Gasteiger charge is -2.06. The van der Waals surface area contributed by atoms with Crippen molar-refractivity contribution in [3.63, 3.8) is 0 Å². The van der Waals surface area contributed by atoms with Crippen molar-refractivity contribution in [1.29, 1.82) is 0 Å². The zero-order valence-electron chi connectivity index (χ0n) is 7.38. The van der Waals surface area contributed by atoms with E-state index in [1.54, 1.807) is 0 Å². The normalized spacial score (nSPS) is 16.1. The molecule has 1 aromatic heterocycles. The van der Waals surface area contributed by atoms with E-state index in [1.807, 2.05) is 18.5 Å². The molecule has 1 aromatic rings. The second-order valence-electron chi connectivity index (χ2n) is 3.51. The molecule has 0 saturated heterocycles. The van der Waals surface area contributed by atoms with Gasteiger partial charge in [-0.05, 0) is 37.3 Å². The largest absolute Gasteiger partial charge is 0.384 e. The number of rotatable bonds is 3. The van der Waals surface area contributed by atoms with Crippen molar-refractivity contribution in [3.05, 3.63) is 24.0 Å². The van der Waals surface area contributed by atoms with Gasteiger partial charge in [-0.2, -0.15) is 0 Å². The molecule has 0 spiro atoms. The second-order valence-corrected chi connectivity index (χ2v) is 3.51. The molecule has 0 unspecified atom stereocenters. The monoisotopic (exact) mass is 162 g/mol. The first-order chi connectivity index (χ1) is 5.86. The van der Waals surface area contributed by atoms with Gasteiger partial charge in [0, 0.05) is 24.6 Å². The third-order valence-electron chi connectivity index (χ3n) is 2.30. The fraction of sp³-hybridized carbons (Fsp3) is 0.500. The van der Waals surface area contributed by atoms with E-state index >= 15 is 0 Å². The number of hydrogen-bond donors (Lipinski definition) is 1. The van der Waals surface area contributed by atoms with Gasteiger partial charge in [-0.3, -0.25) is 4.98 Å². The molecule has 12 heavy (non-hydrogen) atoms. The molecule has 0 aromatic carbocycles. The summed E-state index contributed by atoms with van der Waals surface area (Å²) in [6.45, 7) is 3.22. The van der Waals surface area contributed by atoms with E-state index in [1.165, 1.54) is 24.1 Å². The summed E-state index contributed by atoms with van der Waals surface area (Å²) in [5.41, 5.74) is 2.47. The fourth-order valence-electron chi connectivity index (χ4n) is 1.25. The molecule has 1 N–H and O–H groups in total. The van der Waals surface area contributed by atoms with Crippen LogP contribution in [-0.4, -0.2) is 11.5 Å². The summed E-state index contributed by atoms with van der Waals surface area (Å²) < 4.78 is 0. The van der Waals surface area contributed by atoms with Crippen LogP contribution < -0.4 is 5.32 Å². The molecule has 1 aliphatic rings. The highest BCUT2D eigenvalue weighted by atomic mass is 14.9. The van der Waals surface area contributed by atoms with E-state index in [-0.39, 0.29) is 0 Å². The van der Waals surface area contributed by atoms with Crippen molar-refractivity contribution < 1.29 is 0 Å². The molecule has 2 heteroatoms. The Bertz CT molecular complexity index is 266. The van der Waals surface area contributed by atoms with Gasteiger partial charge in [-0.25, -0.2) is 0 Å². The van der Waals surface area contributed by atoms with Gasteiger partial charge in [-0.1, -0.05) is 0 Å². The maximum Gasteiger partial charge on any atom is 0.0400 e. The Kier molecular flexibility index (Phi) is 1.98. The van der Waals surface area contributed by atoms with Crippen LogP contribution in [0.1, 0.15) is 18.4 Å². The Morgan fingerprint density at radius 1 is 1.58 bits per heavy atom. The number of nitrogens with one attached hydrogen (secondary N) is 1. The van der Waals surface area contributed by atoms with E-state index in [0.717, 1.165) is 12.5 Å². The summed E-state index contributed by atoms with van der Waals surface area (Å²) in [6.07, 6.45) is 6.53. The molecule has 0 amide bonds. The Hall–Kier alpha value is -1.05. The highest BCUT2D eigenvalue weighted by Crippen LogP contribution is 2.29. The summed E-state index contributed by atoms with van der Waals surface area (Å²) in [4.78, 5) is 4.05. The summed E-state index contributed by atoms with van der Waals surface area (Å²) >= 11 is 0. The van der Waals surface area contributed by atoms with Crippen LogP contribution in [0.15, 0.2) is 18.5 Å². The smallest absolute Gasteiger partial charge is 0.0400 e. The van der Waals surface area contributed by atoms with Crippen LogP contribution in [0, 0.1) is 12.8 Å². The molecule has 1 heterocycles. The maximum atomic E-state index is 4.05. The van der Waals surface area contributed by atoms with E-state index < -0.39 is 0 Å². The molecule has 0 radical (unpaired) electrons. The predicted octanol–water partition coefficient (Wildman–Crippen LogP) is 2.21. The molecule has 0 atom stereocenters. The van der Waals surface area contributed by atoms with E-state index in [4.69, 9.17) is 0 Å². The molecular formula is C10H14N2. The first-order valence-corrected chi connectivity index (χ1v) is 4.51. The van der Waals surface area contributed by atoms with E-state index in [0.29, 0.717) is 0 Å². The summed E-state index contributed by atoms with van der Waals surface area (Å²) in [6, 6.07) is 2.04. The number of pyridine rings is 1. The topological polar surface area (TPSA) is 24.9 Å². The highest BCUT2D eigenvalue weighted by molar-refractivity contribution is 5.48. The van der Waals surface area contributed by atoms with E-state index in [9.17, 15) is 0 Å². The molecule has 0 aliphatic heterocycles. The van der Waals surface area contributed by atoms with Crippen molar-refractivity contribution in [2.75, 3.05) is 11.9 Å². The quantitative estimate of drug-likeness (QED) is 0.737. The Morgan fingerprint density at radius 2 is 2.42 bits per heavy atom. The van der Waals surface area contributed by atoms with Crippen LogP contribution in [-0.2, 0) is 0 Å². The van der Waals surface area contributed by atoms with Crippen LogP contribution in [0.5, 0.6) is 0 Å². The Labute approximate surface area is 73.0 Å². The summed E-state index contributed by atoms with van der Waals surface area (Å²) in [5.74, 6) is 0.928. The number of nitrogens with zero attached hydrogens (tertiary/aromatic N) is 1. The number of hydrogen-bond acceptors (Lipinski definition) is 2. The van der Waals surface area contributed by atoms with Crippen molar-refractivity contribution in [2.24, 2.45) is 5.92 Å². The third kappa shape index (κ3) is 1.76. The molecule has 2 rings (SSSR count). The minimum Gasteiger partial charge on any atom is -0.384 e. The molecular weight excluding hydrogens is 148 g/mol. The first kappa shape index (κ1) is 7.59. The van der Waals surface area contributed by atoms with Crippen LogP contribution in [0.4, 0.5) is 5.69 Å². The van der Waals surface area contributed by atoms with Gasteiger partial charge in [0.1, 0.15) is 0 Å². The van der Waals surface area contributed by atoms with Crippen molar-refractivity contribution in [1.82, 2.24) is 4.98 Å². The molecule has 0 bridgehead atoms. The van der Waals surface area contributed by atoms with Crippen LogP contribution >= 0.6 is 0 Å². The standard InChI is InChI=1S/C10H14N2/c1-8-6-11-5-4-10(8)12-7-9-2-3-9/h4-6,9H,2-3,7H2,1H3,(H,11,12). The summed E-state index contributed by atoms with van der Waals surface area (Å²) in [7, 11) is 0. The van der Waals surface area contributed by atoms with Gasteiger partial charge in [0.25, 0.3) is 0 Å². The Morgan fingerprint density at radius 3 is 3.08 bits per heavy atom. The highest BCUT2D eigenvalue weighted by Gasteiger charge is 2.20. The SMILES string of the molecule is Cc1cnccc1NCC1CC1. The lowest BCUT2D eigenvalue weighted by molar-refractivity contribution is 0.887.